The normalized spacial score (nSPS) is 15.0. The minimum atomic E-state index is 0.0543. The van der Waals surface area contributed by atoms with Gasteiger partial charge in [-0.15, -0.1) is 0 Å². The third-order valence-corrected chi connectivity index (χ3v) is 4.17. The molecule has 0 saturated carbocycles. The van der Waals surface area contributed by atoms with Crippen LogP contribution >= 0.6 is 0 Å². The van der Waals surface area contributed by atoms with Crippen molar-refractivity contribution in [3.8, 4) is 0 Å². The Morgan fingerprint density at radius 3 is 2.52 bits per heavy atom. The van der Waals surface area contributed by atoms with Crippen molar-refractivity contribution in [3.05, 3.63) is 48.6 Å². The number of hydrogen-bond acceptors (Lipinski definition) is 1. The molecule has 1 rings (SSSR count). The molecule has 0 bridgehead atoms. The standard InChI is InChI=1S/C18H28N2O/c1-5-13-20(4,7-3)15-17(6-2)18(21)19-14-16-11-9-8-10-12-16/h5,8-12,17H,1,6-7,13-15H2,2-4H3/p+1/t17-,20?/m0/s1. The van der Waals surface area contributed by atoms with E-state index in [9.17, 15) is 4.79 Å². The van der Waals surface area contributed by atoms with E-state index >= 15 is 0 Å². The van der Waals surface area contributed by atoms with Gasteiger partial charge in [-0.05, 0) is 25.0 Å². The third kappa shape index (κ3) is 5.72. The smallest absolute Gasteiger partial charge is 0.229 e. The second-order valence-electron chi connectivity index (χ2n) is 5.90. The maximum absolute atomic E-state index is 12.4. The molecule has 21 heavy (non-hydrogen) atoms. The summed E-state index contributed by atoms with van der Waals surface area (Å²) in [5, 5.41) is 3.06. The van der Waals surface area contributed by atoms with Gasteiger partial charge in [0, 0.05) is 6.54 Å². The first kappa shape index (κ1) is 17.4. The maximum Gasteiger partial charge on any atom is 0.229 e. The van der Waals surface area contributed by atoms with E-state index in [1.54, 1.807) is 0 Å². The highest BCUT2D eigenvalue weighted by atomic mass is 16.1. The lowest BCUT2D eigenvalue weighted by atomic mass is 10.0. The molecule has 1 aromatic carbocycles. The highest BCUT2D eigenvalue weighted by Gasteiger charge is 2.27. The predicted octanol–water partition coefficient (Wildman–Crippen LogP) is 2.98. The van der Waals surface area contributed by atoms with Crippen molar-refractivity contribution in [3.63, 3.8) is 0 Å². The Hall–Kier alpha value is -1.61. The van der Waals surface area contributed by atoms with E-state index in [4.69, 9.17) is 0 Å². The lowest BCUT2D eigenvalue weighted by Crippen LogP contribution is -2.50. The third-order valence-electron chi connectivity index (χ3n) is 4.17. The Bertz CT molecular complexity index is 444. The van der Waals surface area contributed by atoms with E-state index in [1.807, 2.05) is 36.4 Å². The predicted molar refractivity (Wildman–Crippen MR) is 88.7 cm³/mol. The summed E-state index contributed by atoms with van der Waals surface area (Å²) in [5.41, 5.74) is 1.14. The average molecular weight is 289 g/mol. The van der Waals surface area contributed by atoms with Crippen molar-refractivity contribution in [2.24, 2.45) is 5.92 Å². The van der Waals surface area contributed by atoms with Crippen LogP contribution in [-0.4, -0.2) is 37.1 Å². The zero-order chi connectivity index (χ0) is 15.7. The molecule has 0 aromatic heterocycles. The molecule has 0 fully saturated rings. The molecule has 0 saturated heterocycles. The van der Waals surface area contributed by atoms with Crippen LogP contribution in [0.2, 0.25) is 0 Å². The SMILES string of the molecule is C=CC[N+](C)(CC)C[C@H](CC)C(=O)NCc1ccccc1. The van der Waals surface area contributed by atoms with E-state index in [0.717, 1.165) is 36.1 Å². The Morgan fingerprint density at radius 2 is 2.00 bits per heavy atom. The molecule has 1 unspecified atom stereocenters. The van der Waals surface area contributed by atoms with Crippen LogP contribution in [0.5, 0.6) is 0 Å². The van der Waals surface area contributed by atoms with Crippen molar-refractivity contribution in [1.82, 2.24) is 5.32 Å². The van der Waals surface area contributed by atoms with E-state index < -0.39 is 0 Å². The summed E-state index contributed by atoms with van der Waals surface area (Å²) in [6, 6.07) is 10.0. The monoisotopic (exact) mass is 289 g/mol. The van der Waals surface area contributed by atoms with Crippen LogP contribution in [-0.2, 0) is 11.3 Å². The van der Waals surface area contributed by atoms with Gasteiger partial charge in [0.25, 0.3) is 0 Å². The van der Waals surface area contributed by atoms with Gasteiger partial charge < -0.3 is 9.80 Å². The van der Waals surface area contributed by atoms with Crippen molar-refractivity contribution < 1.29 is 9.28 Å². The van der Waals surface area contributed by atoms with Crippen molar-refractivity contribution in [2.45, 2.75) is 26.8 Å². The molecule has 1 aromatic rings. The molecular formula is C18H29N2O+. The van der Waals surface area contributed by atoms with Gasteiger partial charge in [-0.25, -0.2) is 0 Å². The number of carbonyl (C=O) groups excluding carboxylic acids is 1. The first-order valence-electron chi connectivity index (χ1n) is 7.80. The van der Waals surface area contributed by atoms with E-state index in [0.29, 0.717) is 6.54 Å². The molecule has 3 heteroatoms. The van der Waals surface area contributed by atoms with Gasteiger partial charge in [-0.3, -0.25) is 4.79 Å². The van der Waals surface area contributed by atoms with Crippen molar-refractivity contribution in [1.29, 1.82) is 0 Å². The molecule has 2 atom stereocenters. The molecule has 3 nitrogen and oxygen atoms in total. The van der Waals surface area contributed by atoms with Gasteiger partial charge in [0.15, 0.2) is 0 Å². The van der Waals surface area contributed by atoms with Gasteiger partial charge in [0.05, 0.1) is 32.6 Å². The van der Waals surface area contributed by atoms with Crippen molar-refractivity contribution >= 4 is 5.91 Å². The van der Waals surface area contributed by atoms with Gasteiger partial charge in [0.1, 0.15) is 0 Å². The fourth-order valence-corrected chi connectivity index (χ4v) is 2.50. The van der Waals surface area contributed by atoms with Gasteiger partial charge in [-0.2, -0.15) is 0 Å². The van der Waals surface area contributed by atoms with Crippen LogP contribution in [0.25, 0.3) is 0 Å². The van der Waals surface area contributed by atoms with E-state index in [-0.39, 0.29) is 11.8 Å². The molecule has 1 N–H and O–H groups in total. The second-order valence-corrected chi connectivity index (χ2v) is 5.90. The minimum absolute atomic E-state index is 0.0543. The number of rotatable bonds is 9. The summed E-state index contributed by atoms with van der Waals surface area (Å²) in [4.78, 5) is 12.4. The summed E-state index contributed by atoms with van der Waals surface area (Å²) < 4.78 is 0.862. The molecule has 0 radical (unpaired) electrons. The Morgan fingerprint density at radius 1 is 1.33 bits per heavy atom. The summed E-state index contributed by atoms with van der Waals surface area (Å²) in [7, 11) is 2.19. The molecule has 0 aliphatic rings. The topological polar surface area (TPSA) is 29.1 Å². The second kappa shape index (κ2) is 8.63. The number of benzene rings is 1. The molecule has 1 amide bonds. The van der Waals surface area contributed by atoms with Gasteiger partial charge >= 0.3 is 0 Å². The number of hydrogen-bond donors (Lipinski definition) is 1. The quantitative estimate of drug-likeness (QED) is 0.549. The molecule has 0 aliphatic carbocycles. The van der Waals surface area contributed by atoms with Crippen LogP contribution in [0.1, 0.15) is 25.8 Å². The van der Waals surface area contributed by atoms with Crippen LogP contribution in [0.3, 0.4) is 0 Å². The molecule has 0 aliphatic heterocycles. The number of nitrogens with one attached hydrogen (secondary N) is 1. The minimum Gasteiger partial charge on any atom is -0.352 e. The zero-order valence-corrected chi connectivity index (χ0v) is 13.6. The van der Waals surface area contributed by atoms with E-state index in [2.05, 4.69) is 32.8 Å². The summed E-state index contributed by atoms with van der Waals surface area (Å²) in [6.07, 6.45) is 2.81. The Kier molecular flexibility index (Phi) is 7.17. The first-order chi connectivity index (χ1) is 10.0. The number of nitrogens with zero attached hydrogens (tertiary/aromatic N) is 1. The molecular weight excluding hydrogens is 260 g/mol. The number of carbonyl (C=O) groups is 1. The van der Waals surface area contributed by atoms with Crippen LogP contribution in [0.4, 0.5) is 0 Å². The van der Waals surface area contributed by atoms with Crippen LogP contribution < -0.4 is 5.32 Å². The number of likely N-dealkylation sites (N-methyl/N-ethyl adjacent to an activating group) is 1. The summed E-state index contributed by atoms with van der Waals surface area (Å²) >= 11 is 0. The summed E-state index contributed by atoms with van der Waals surface area (Å²) in [6.45, 7) is 11.5. The molecule has 116 valence electrons. The van der Waals surface area contributed by atoms with Crippen LogP contribution in [0.15, 0.2) is 43.0 Å². The lowest BCUT2D eigenvalue weighted by Gasteiger charge is -2.35. The number of quaternary nitrogens is 1. The average Bonchev–Trinajstić information content (AvgIpc) is 2.51. The zero-order valence-electron chi connectivity index (χ0n) is 13.6. The number of amides is 1. The largest absolute Gasteiger partial charge is 0.352 e. The van der Waals surface area contributed by atoms with Crippen molar-refractivity contribution in [2.75, 3.05) is 26.7 Å². The fraction of sp³-hybridized carbons (Fsp3) is 0.500. The van der Waals surface area contributed by atoms with Gasteiger partial charge in [-0.1, -0.05) is 43.8 Å². The van der Waals surface area contributed by atoms with Crippen LogP contribution in [0, 0.1) is 5.92 Å². The lowest BCUT2D eigenvalue weighted by molar-refractivity contribution is -0.904. The first-order valence-corrected chi connectivity index (χ1v) is 7.80. The fourth-order valence-electron chi connectivity index (χ4n) is 2.50. The highest BCUT2D eigenvalue weighted by molar-refractivity contribution is 5.78. The van der Waals surface area contributed by atoms with E-state index in [1.165, 1.54) is 0 Å². The maximum atomic E-state index is 12.4. The Balaban J connectivity index is 2.58. The van der Waals surface area contributed by atoms with Gasteiger partial charge in [0.2, 0.25) is 5.91 Å². The highest BCUT2D eigenvalue weighted by Crippen LogP contribution is 2.13. The molecule has 0 spiro atoms. The Labute approximate surface area is 129 Å². The molecule has 0 heterocycles. The summed E-state index contributed by atoms with van der Waals surface area (Å²) in [5.74, 6) is 0.210.